The average Bonchev–Trinajstić information content (AvgIpc) is 3.09. The van der Waals surface area contributed by atoms with Crippen LogP contribution < -0.4 is 5.32 Å². The van der Waals surface area contributed by atoms with Crippen molar-refractivity contribution in [3.63, 3.8) is 0 Å². The summed E-state index contributed by atoms with van der Waals surface area (Å²) in [5.74, 6) is -0.754. The van der Waals surface area contributed by atoms with Crippen LogP contribution in [0, 0.1) is 5.82 Å². The fraction of sp³-hybridized carbons (Fsp3) is 0.263. The molecule has 0 bridgehead atoms. The van der Waals surface area contributed by atoms with E-state index in [1.165, 1.54) is 24.3 Å². The number of β-amino-alcohol motifs (C(OH)–C–C–N with tert-alkyl or cyclic N) is 1. The summed E-state index contributed by atoms with van der Waals surface area (Å²) in [5.41, 5.74) is 1.30. The number of carbonyl (C=O) groups is 2. The van der Waals surface area contributed by atoms with Gasteiger partial charge >= 0.3 is 6.03 Å². The highest BCUT2D eigenvalue weighted by Gasteiger charge is 2.55. The molecule has 4 rings (SSSR count). The first-order chi connectivity index (χ1) is 12.0. The second-order valence-corrected chi connectivity index (χ2v) is 6.48. The molecule has 3 amide bonds. The predicted octanol–water partition coefficient (Wildman–Crippen LogP) is 2.25. The molecule has 1 aliphatic heterocycles. The molecule has 1 spiro atoms. The van der Waals surface area contributed by atoms with Crippen molar-refractivity contribution in [2.75, 3.05) is 6.54 Å². The Morgan fingerprint density at radius 2 is 1.88 bits per heavy atom. The number of urea groups is 1. The molecule has 128 valence electrons. The summed E-state index contributed by atoms with van der Waals surface area (Å²) < 4.78 is 13.0. The zero-order valence-corrected chi connectivity index (χ0v) is 13.4. The monoisotopic (exact) mass is 340 g/mol. The molecule has 25 heavy (non-hydrogen) atoms. The molecule has 2 N–H and O–H groups in total. The molecule has 2 atom stereocenters. The average molecular weight is 340 g/mol. The molecule has 2 unspecified atom stereocenters. The van der Waals surface area contributed by atoms with Crippen molar-refractivity contribution >= 4 is 11.9 Å². The lowest BCUT2D eigenvalue weighted by Crippen LogP contribution is -2.42. The SMILES string of the molecule is O=C1NC2(CCc3ccccc32)C(=O)N1CC(O)c1ccc(F)cc1. The van der Waals surface area contributed by atoms with Gasteiger partial charge in [-0.15, -0.1) is 0 Å². The smallest absolute Gasteiger partial charge is 0.325 e. The number of carbonyl (C=O) groups excluding carboxylic acids is 2. The van der Waals surface area contributed by atoms with Gasteiger partial charge in [0, 0.05) is 0 Å². The van der Waals surface area contributed by atoms with Gasteiger partial charge in [0.15, 0.2) is 0 Å². The molecule has 1 aliphatic carbocycles. The first kappa shape index (κ1) is 15.8. The van der Waals surface area contributed by atoms with Gasteiger partial charge in [-0.2, -0.15) is 0 Å². The van der Waals surface area contributed by atoms with Crippen LogP contribution in [0.3, 0.4) is 0 Å². The van der Waals surface area contributed by atoms with Gasteiger partial charge in [0.1, 0.15) is 11.4 Å². The van der Waals surface area contributed by atoms with Crippen LogP contribution in [0.5, 0.6) is 0 Å². The molecule has 1 heterocycles. The summed E-state index contributed by atoms with van der Waals surface area (Å²) in [5, 5.41) is 13.2. The molecule has 2 aromatic carbocycles. The van der Waals surface area contributed by atoms with Crippen LogP contribution in [0.1, 0.15) is 29.2 Å². The van der Waals surface area contributed by atoms with E-state index in [0.29, 0.717) is 12.0 Å². The van der Waals surface area contributed by atoms with Crippen LogP contribution in [0.15, 0.2) is 48.5 Å². The van der Waals surface area contributed by atoms with Crippen molar-refractivity contribution < 1.29 is 19.1 Å². The topological polar surface area (TPSA) is 69.6 Å². The maximum absolute atomic E-state index is 13.0. The number of aliphatic hydroxyl groups excluding tert-OH is 1. The van der Waals surface area contributed by atoms with E-state index in [1.54, 1.807) is 0 Å². The van der Waals surface area contributed by atoms with Gasteiger partial charge in [-0.25, -0.2) is 9.18 Å². The molecule has 2 aliphatic rings. The van der Waals surface area contributed by atoms with Crippen molar-refractivity contribution in [1.29, 1.82) is 0 Å². The Bertz CT molecular complexity index is 852. The minimum Gasteiger partial charge on any atom is -0.387 e. The van der Waals surface area contributed by atoms with Crippen LogP contribution in [0.4, 0.5) is 9.18 Å². The van der Waals surface area contributed by atoms with Gasteiger partial charge < -0.3 is 10.4 Å². The molecule has 5 nitrogen and oxygen atoms in total. The normalized spacial score (nSPS) is 23.0. The van der Waals surface area contributed by atoms with Gasteiger partial charge in [-0.1, -0.05) is 36.4 Å². The molecule has 0 saturated carbocycles. The number of nitrogens with zero attached hydrogens (tertiary/aromatic N) is 1. The highest BCUT2D eigenvalue weighted by molar-refractivity contribution is 6.08. The Balaban J connectivity index is 1.59. The summed E-state index contributed by atoms with van der Waals surface area (Å²) in [4.78, 5) is 26.4. The molecule has 0 radical (unpaired) electrons. The fourth-order valence-corrected chi connectivity index (χ4v) is 3.72. The third-order valence-corrected chi connectivity index (χ3v) is 5.03. The van der Waals surface area contributed by atoms with E-state index in [9.17, 15) is 19.1 Å². The van der Waals surface area contributed by atoms with Crippen molar-refractivity contribution in [3.8, 4) is 0 Å². The first-order valence-corrected chi connectivity index (χ1v) is 8.17. The Hall–Kier alpha value is -2.73. The van der Waals surface area contributed by atoms with E-state index in [4.69, 9.17) is 0 Å². The van der Waals surface area contributed by atoms with E-state index in [-0.39, 0.29) is 12.5 Å². The summed E-state index contributed by atoms with van der Waals surface area (Å²) >= 11 is 0. The molecule has 0 aromatic heterocycles. The van der Waals surface area contributed by atoms with Gasteiger partial charge in [0.25, 0.3) is 5.91 Å². The number of rotatable bonds is 3. The number of hydrogen-bond acceptors (Lipinski definition) is 3. The Morgan fingerprint density at radius 1 is 1.16 bits per heavy atom. The van der Waals surface area contributed by atoms with E-state index in [2.05, 4.69) is 5.32 Å². The summed E-state index contributed by atoms with van der Waals surface area (Å²) in [6.07, 6.45) is 0.165. The molecule has 1 fully saturated rings. The lowest BCUT2D eigenvalue weighted by atomic mass is 9.92. The molecule has 2 aromatic rings. The third-order valence-electron chi connectivity index (χ3n) is 5.03. The molecular weight excluding hydrogens is 323 g/mol. The highest BCUT2D eigenvalue weighted by Crippen LogP contribution is 2.41. The third kappa shape index (κ3) is 2.41. The molecular formula is C19H17FN2O3. The van der Waals surface area contributed by atoms with Crippen molar-refractivity contribution in [2.45, 2.75) is 24.5 Å². The zero-order valence-electron chi connectivity index (χ0n) is 13.4. The van der Waals surface area contributed by atoms with E-state index in [1.807, 2.05) is 24.3 Å². The minimum atomic E-state index is -1.07. The van der Waals surface area contributed by atoms with Gasteiger partial charge in [-0.05, 0) is 41.7 Å². The summed E-state index contributed by atoms with van der Waals surface area (Å²) in [7, 11) is 0. The van der Waals surface area contributed by atoms with Crippen LogP contribution in [0.25, 0.3) is 0 Å². The molecule has 6 heteroatoms. The molecule has 1 saturated heterocycles. The summed E-state index contributed by atoms with van der Waals surface area (Å²) in [6.45, 7) is -0.166. The van der Waals surface area contributed by atoms with Crippen molar-refractivity contribution in [3.05, 3.63) is 71.0 Å². The van der Waals surface area contributed by atoms with Gasteiger partial charge in [-0.3, -0.25) is 9.69 Å². The maximum Gasteiger partial charge on any atom is 0.325 e. The number of aliphatic hydroxyl groups is 1. The Kier molecular flexibility index (Phi) is 3.58. The zero-order chi connectivity index (χ0) is 17.6. The quantitative estimate of drug-likeness (QED) is 0.842. The van der Waals surface area contributed by atoms with E-state index >= 15 is 0 Å². The van der Waals surface area contributed by atoms with Crippen molar-refractivity contribution in [1.82, 2.24) is 10.2 Å². The summed E-state index contributed by atoms with van der Waals surface area (Å²) in [6, 6.07) is 12.4. The number of aryl methyl sites for hydroxylation is 1. The van der Waals surface area contributed by atoms with Crippen LogP contribution >= 0.6 is 0 Å². The number of benzene rings is 2. The highest BCUT2D eigenvalue weighted by atomic mass is 19.1. The Labute approximate surface area is 144 Å². The predicted molar refractivity (Wildman–Crippen MR) is 88.0 cm³/mol. The largest absolute Gasteiger partial charge is 0.387 e. The number of nitrogens with one attached hydrogen (secondary N) is 1. The second-order valence-electron chi connectivity index (χ2n) is 6.48. The van der Waals surface area contributed by atoms with Crippen LogP contribution in [0.2, 0.25) is 0 Å². The Morgan fingerprint density at radius 3 is 2.64 bits per heavy atom. The van der Waals surface area contributed by atoms with Crippen LogP contribution in [-0.2, 0) is 16.8 Å². The number of amides is 3. The van der Waals surface area contributed by atoms with E-state index in [0.717, 1.165) is 22.4 Å². The minimum absolute atomic E-state index is 0.166. The van der Waals surface area contributed by atoms with E-state index < -0.39 is 23.5 Å². The second kappa shape index (κ2) is 5.67. The first-order valence-electron chi connectivity index (χ1n) is 8.17. The van der Waals surface area contributed by atoms with Gasteiger partial charge in [0.05, 0.1) is 12.6 Å². The maximum atomic E-state index is 13.0. The fourth-order valence-electron chi connectivity index (χ4n) is 3.72. The lowest BCUT2D eigenvalue weighted by Gasteiger charge is -2.23. The number of imide groups is 1. The van der Waals surface area contributed by atoms with Crippen molar-refractivity contribution in [2.24, 2.45) is 0 Å². The number of fused-ring (bicyclic) bond motifs is 2. The number of halogens is 1. The lowest BCUT2D eigenvalue weighted by molar-refractivity contribution is -0.132. The van der Waals surface area contributed by atoms with Crippen LogP contribution in [-0.4, -0.2) is 28.5 Å². The number of hydrogen-bond donors (Lipinski definition) is 2. The van der Waals surface area contributed by atoms with Gasteiger partial charge in [0.2, 0.25) is 0 Å². The standard InChI is InChI=1S/C19H17FN2O3/c20-14-7-5-13(6-8-14)16(23)11-22-17(24)19(21-18(22)25)10-9-12-3-1-2-4-15(12)19/h1-8,16,23H,9-11H2,(H,21,25).